The van der Waals surface area contributed by atoms with Crippen molar-refractivity contribution in [3.8, 4) is 11.5 Å². The van der Waals surface area contributed by atoms with Crippen molar-refractivity contribution in [2.45, 2.75) is 32.6 Å². The molecule has 1 heterocycles. The van der Waals surface area contributed by atoms with Crippen molar-refractivity contribution in [3.05, 3.63) is 53.6 Å². The lowest BCUT2D eigenvalue weighted by Gasteiger charge is -2.14. The van der Waals surface area contributed by atoms with Crippen LogP contribution in [0.4, 0.5) is 5.69 Å². The van der Waals surface area contributed by atoms with Crippen LogP contribution in [0, 0.1) is 0 Å². The van der Waals surface area contributed by atoms with Gasteiger partial charge in [0.25, 0.3) is 0 Å². The predicted molar refractivity (Wildman–Crippen MR) is 96.1 cm³/mol. The lowest BCUT2D eigenvalue weighted by Crippen LogP contribution is -2.03. The van der Waals surface area contributed by atoms with Crippen molar-refractivity contribution in [1.29, 1.82) is 0 Å². The summed E-state index contributed by atoms with van der Waals surface area (Å²) < 4.78 is 16.6. The smallest absolute Gasteiger partial charge is 0.163 e. The average molecular weight is 341 g/mol. The fourth-order valence-corrected chi connectivity index (χ4v) is 2.86. The Hall–Kier alpha value is -2.69. The monoisotopic (exact) mass is 341 g/mol. The second kappa shape index (κ2) is 7.92. The van der Waals surface area contributed by atoms with E-state index in [1.165, 1.54) is 0 Å². The van der Waals surface area contributed by atoms with Gasteiger partial charge in [-0.05, 0) is 44.0 Å². The number of Topliss-reactive ketones (excluding diaryl/α,β-unsaturated/α-hetero) is 1. The molecule has 0 spiro atoms. The molecule has 1 aromatic heterocycles. The third kappa shape index (κ3) is 4.24. The number of carbonyl (C=O) groups is 1. The summed E-state index contributed by atoms with van der Waals surface area (Å²) in [5.74, 6) is 2.55. The first-order chi connectivity index (χ1) is 12.2. The number of hydrogen-bond donors (Lipinski definition) is 1. The van der Waals surface area contributed by atoms with Gasteiger partial charge in [-0.3, -0.25) is 4.79 Å². The van der Waals surface area contributed by atoms with E-state index in [-0.39, 0.29) is 5.78 Å². The Morgan fingerprint density at radius 2 is 2.08 bits per heavy atom. The Morgan fingerprint density at radius 3 is 2.76 bits per heavy atom. The Kier molecular flexibility index (Phi) is 5.43. The molecule has 0 saturated carbocycles. The normalized spacial score (nSPS) is 14.1. The summed E-state index contributed by atoms with van der Waals surface area (Å²) in [4.78, 5) is 11.7. The number of allylic oxidation sites excluding steroid dienone is 2. The number of aryl methyl sites for hydroxylation is 1. The molecule has 2 aromatic rings. The van der Waals surface area contributed by atoms with Crippen molar-refractivity contribution in [1.82, 2.24) is 0 Å². The van der Waals surface area contributed by atoms with E-state index in [2.05, 4.69) is 5.32 Å². The highest BCUT2D eigenvalue weighted by Crippen LogP contribution is 2.32. The minimum Gasteiger partial charge on any atom is -0.493 e. The Morgan fingerprint density at radius 1 is 1.20 bits per heavy atom. The first kappa shape index (κ1) is 17.1. The summed E-state index contributed by atoms with van der Waals surface area (Å²) in [5.41, 5.74) is 2.70. The summed E-state index contributed by atoms with van der Waals surface area (Å²) in [6.07, 6.45) is 4.71. The van der Waals surface area contributed by atoms with Crippen LogP contribution < -0.4 is 14.8 Å². The highest BCUT2D eigenvalue weighted by Gasteiger charge is 2.19. The molecule has 0 bridgehead atoms. The first-order valence-corrected chi connectivity index (χ1v) is 8.50. The van der Waals surface area contributed by atoms with E-state index in [9.17, 15) is 4.79 Å². The quantitative estimate of drug-likeness (QED) is 0.723. The Balaban J connectivity index is 1.62. The molecule has 0 saturated heterocycles. The fourth-order valence-electron chi connectivity index (χ4n) is 2.86. The molecule has 1 aromatic carbocycles. The Bertz CT molecular complexity index is 762. The maximum Gasteiger partial charge on any atom is 0.163 e. The topological polar surface area (TPSA) is 60.7 Å². The summed E-state index contributed by atoms with van der Waals surface area (Å²) in [6, 6.07) is 9.56. The van der Waals surface area contributed by atoms with Gasteiger partial charge in [-0.15, -0.1) is 0 Å². The number of ether oxygens (including phenoxy) is 2. The maximum atomic E-state index is 11.7. The largest absolute Gasteiger partial charge is 0.493 e. The molecule has 0 amide bonds. The van der Waals surface area contributed by atoms with E-state index in [4.69, 9.17) is 13.9 Å². The molecule has 5 nitrogen and oxygen atoms in total. The van der Waals surface area contributed by atoms with Gasteiger partial charge >= 0.3 is 0 Å². The zero-order valence-electron chi connectivity index (χ0n) is 14.6. The number of furan rings is 1. The van der Waals surface area contributed by atoms with Gasteiger partial charge in [0.15, 0.2) is 17.3 Å². The van der Waals surface area contributed by atoms with Crippen LogP contribution in [0.15, 0.2) is 52.3 Å². The SMILES string of the molecule is COc1ccc(NC2=C(C)C(=O)CC2)cc1OCCCc1ccco1. The van der Waals surface area contributed by atoms with Gasteiger partial charge in [0.2, 0.25) is 0 Å². The summed E-state index contributed by atoms with van der Waals surface area (Å²) >= 11 is 0. The molecule has 1 aliphatic rings. The van der Waals surface area contributed by atoms with E-state index < -0.39 is 0 Å². The third-order valence-corrected chi connectivity index (χ3v) is 4.34. The lowest BCUT2D eigenvalue weighted by molar-refractivity contribution is -0.114. The second-order valence-electron chi connectivity index (χ2n) is 6.05. The van der Waals surface area contributed by atoms with Crippen LogP contribution in [-0.2, 0) is 11.2 Å². The molecule has 1 aliphatic carbocycles. The van der Waals surface area contributed by atoms with Gasteiger partial charge < -0.3 is 19.2 Å². The molecule has 3 rings (SSSR count). The number of ketones is 1. The fraction of sp³-hybridized carbons (Fsp3) is 0.350. The summed E-state index contributed by atoms with van der Waals surface area (Å²) in [6.45, 7) is 2.44. The molecule has 25 heavy (non-hydrogen) atoms. The zero-order valence-corrected chi connectivity index (χ0v) is 14.6. The van der Waals surface area contributed by atoms with Crippen LogP contribution in [0.2, 0.25) is 0 Å². The van der Waals surface area contributed by atoms with Crippen molar-refractivity contribution in [3.63, 3.8) is 0 Å². The van der Waals surface area contributed by atoms with E-state index in [1.807, 2.05) is 37.3 Å². The van der Waals surface area contributed by atoms with E-state index in [0.29, 0.717) is 24.5 Å². The van der Waals surface area contributed by atoms with Crippen molar-refractivity contribution in [2.75, 3.05) is 19.0 Å². The molecule has 5 heteroatoms. The number of nitrogens with one attached hydrogen (secondary N) is 1. The minimum atomic E-state index is 0.213. The van der Waals surface area contributed by atoms with Crippen molar-refractivity contribution in [2.24, 2.45) is 0 Å². The van der Waals surface area contributed by atoms with Crippen LogP contribution in [0.5, 0.6) is 11.5 Å². The molecule has 0 aliphatic heterocycles. The second-order valence-corrected chi connectivity index (χ2v) is 6.05. The van der Waals surface area contributed by atoms with E-state index >= 15 is 0 Å². The number of carbonyl (C=O) groups excluding carboxylic acids is 1. The molecular weight excluding hydrogens is 318 g/mol. The lowest BCUT2D eigenvalue weighted by atomic mass is 10.2. The molecular formula is C20H23NO4. The molecule has 0 atom stereocenters. The van der Waals surface area contributed by atoms with Gasteiger partial charge in [-0.25, -0.2) is 0 Å². The first-order valence-electron chi connectivity index (χ1n) is 8.50. The number of benzene rings is 1. The molecule has 0 radical (unpaired) electrons. The van der Waals surface area contributed by atoms with Crippen LogP contribution in [0.25, 0.3) is 0 Å². The van der Waals surface area contributed by atoms with Gasteiger partial charge in [0.1, 0.15) is 5.76 Å². The molecule has 0 unspecified atom stereocenters. The minimum absolute atomic E-state index is 0.213. The van der Waals surface area contributed by atoms with Gasteiger partial charge in [-0.1, -0.05) is 0 Å². The predicted octanol–water partition coefficient (Wildman–Crippen LogP) is 4.35. The van der Waals surface area contributed by atoms with Crippen LogP contribution in [-0.4, -0.2) is 19.5 Å². The van der Waals surface area contributed by atoms with Gasteiger partial charge in [0.05, 0.1) is 20.0 Å². The summed E-state index contributed by atoms with van der Waals surface area (Å²) in [5, 5.41) is 3.33. The van der Waals surface area contributed by atoms with Gasteiger partial charge in [0, 0.05) is 35.9 Å². The van der Waals surface area contributed by atoms with E-state index in [1.54, 1.807) is 13.4 Å². The van der Waals surface area contributed by atoms with Crippen molar-refractivity contribution >= 4 is 11.5 Å². The average Bonchev–Trinajstić information content (AvgIpc) is 3.24. The number of anilines is 1. The Labute approximate surface area is 147 Å². The molecule has 1 N–H and O–H groups in total. The van der Waals surface area contributed by atoms with Crippen molar-refractivity contribution < 1.29 is 18.7 Å². The number of rotatable bonds is 8. The maximum absolute atomic E-state index is 11.7. The zero-order chi connectivity index (χ0) is 17.6. The highest BCUT2D eigenvalue weighted by molar-refractivity contribution is 5.98. The number of methoxy groups -OCH3 is 1. The van der Waals surface area contributed by atoms with Crippen LogP contribution in [0.1, 0.15) is 31.9 Å². The van der Waals surface area contributed by atoms with Crippen LogP contribution >= 0.6 is 0 Å². The van der Waals surface area contributed by atoms with E-state index in [0.717, 1.165) is 42.0 Å². The third-order valence-electron chi connectivity index (χ3n) is 4.34. The standard InChI is InChI=1S/C20H23NO4/c1-14-17(8-9-18(14)22)21-15-7-10-19(23-2)20(13-15)25-12-4-6-16-5-3-11-24-16/h3,5,7,10-11,13,21H,4,6,8-9,12H2,1-2H3. The van der Waals surface area contributed by atoms with Gasteiger partial charge in [-0.2, -0.15) is 0 Å². The highest BCUT2D eigenvalue weighted by atomic mass is 16.5. The van der Waals surface area contributed by atoms with Crippen LogP contribution in [0.3, 0.4) is 0 Å². The molecule has 132 valence electrons. The summed E-state index contributed by atoms with van der Waals surface area (Å²) in [7, 11) is 1.63. The number of hydrogen-bond acceptors (Lipinski definition) is 5. The molecule has 0 fully saturated rings.